The average molecular weight is 521 g/mol. The minimum absolute atomic E-state index is 0.0239. The van der Waals surface area contributed by atoms with E-state index in [2.05, 4.69) is 20.8 Å². The molecule has 202 valence electrons. The molecule has 2 aliphatic heterocycles. The number of anilines is 3. The van der Waals surface area contributed by atoms with Crippen molar-refractivity contribution in [2.24, 2.45) is 0 Å². The lowest BCUT2D eigenvalue weighted by Crippen LogP contribution is -2.54. The summed E-state index contributed by atoms with van der Waals surface area (Å²) in [7, 11) is 3.79. The summed E-state index contributed by atoms with van der Waals surface area (Å²) in [6.45, 7) is 2.39. The first-order valence-corrected chi connectivity index (χ1v) is 13.6. The fourth-order valence-corrected chi connectivity index (χ4v) is 5.52. The van der Waals surface area contributed by atoms with Gasteiger partial charge in [-0.25, -0.2) is 0 Å². The van der Waals surface area contributed by atoms with Crippen molar-refractivity contribution in [1.29, 1.82) is 0 Å². The fraction of sp³-hybridized carbons (Fsp3) is 0.577. The summed E-state index contributed by atoms with van der Waals surface area (Å²) in [6, 6.07) is 5.51. The third-order valence-corrected chi connectivity index (χ3v) is 7.61. The van der Waals surface area contributed by atoms with Gasteiger partial charge in [-0.3, -0.25) is 19.1 Å². The maximum atomic E-state index is 13.5. The molecule has 6 rings (SSSR count). The molecular weight excluding hydrogens is 484 g/mol. The van der Waals surface area contributed by atoms with Gasteiger partial charge in [0.1, 0.15) is 11.7 Å². The van der Waals surface area contributed by atoms with E-state index < -0.39 is 0 Å². The van der Waals surface area contributed by atoms with Crippen LogP contribution in [0.25, 0.3) is 5.65 Å². The molecule has 3 fully saturated rings. The number of amides is 2. The Kier molecular flexibility index (Phi) is 6.64. The summed E-state index contributed by atoms with van der Waals surface area (Å²) in [5.41, 5.74) is 1.90. The fourth-order valence-electron chi connectivity index (χ4n) is 5.52. The van der Waals surface area contributed by atoms with Gasteiger partial charge in [0.15, 0.2) is 5.82 Å². The van der Waals surface area contributed by atoms with E-state index in [1.165, 1.54) is 12.8 Å². The van der Waals surface area contributed by atoms with Gasteiger partial charge in [0.25, 0.3) is 0 Å². The average Bonchev–Trinajstić information content (AvgIpc) is 3.26. The number of aromatic nitrogens is 5. The van der Waals surface area contributed by atoms with Crippen LogP contribution < -0.4 is 15.5 Å². The van der Waals surface area contributed by atoms with Gasteiger partial charge < -0.3 is 25.3 Å². The molecule has 0 spiro atoms. The second kappa shape index (κ2) is 10.2. The molecule has 38 heavy (non-hydrogen) atoms. The first-order valence-electron chi connectivity index (χ1n) is 13.6. The third kappa shape index (κ3) is 5.17. The van der Waals surface area contributed by atoms with Gasteiger partial charge in [0, 0.05) is 49.6 Å². The molecule has 2 saturated heterocycles. The van der Waals surface area contributed by atoms with E-state index >= 15 is 0 Å². The summed E-state index contributed by atoms with van der Waals surface area (Å²) in [4.78, 5) is 41.4. The first-order chi connectivity index (χ1) is 18.4. The minimum atomic E-state index is -0.347. The zero-order valence-electron chi connectivity index (χ0n) is 22.1. The molecule has 0 radical (unpaired) electrons. The third-order valence-electron chi connectivity index (χ3n) is 7.61. The van der Waals surface area contributed by atoms with Crippen LogP contribution in [0, 0.1) is 0 Å². The highest BCUT2D eigenvalue weighted by molar-refractivity contribution is 5.86. The molecule has 12 nitrogen and oxygen atoms in total. The highest BCUT2D eigenvalue weighted by Crippen LogP contribution is 2.39. The van der Waals surface area contributed by atoms with Crippen molar-refractivity contribution in [2.45, 2.75) is 56.5 Å². The minimum Gasteiger partial charge on any atom is -0.350 e. The summed E-state index contributed by atoms with van der Waals surface area (Å²) < 4.78 is 1.89. The SMILES string of the molecule is CN(C)CC(=O)N1CCC[C@@H](NC(=O)[C@@H]2CCCN2c2nc(Nc3cc(C4CC4)[nH]n3)n3cccc3n2)C1. The second-order valence-electron chi connectivity index (χ2n) is 11.0. The Morgan fingerprint density at radius 1 is 1.13 bits per heavy atom. The van der Waals surface area contributed by atoms with Crippen LogP contribution in [-0.4, -0.2) is 98.5 Å². The molecular formula is C26H36N10O2. The number of nitrogens with one attached hydrogen (secondary N) is 3. The Morgan fingerprint density at radius 3 is 2.79 bits per heavy atom. The van der Waals surface area contributed by atoms with E-state index in [1.807, 2.05) is 57.6 Å². The van der Waals surface area contributed by atoms with Crippen LogP contribution in [0.5, 0.6) is 0 Å². The van der Waals surface area contributed by atoms with Crippen LogP contribution in [0.3, 0.4) is 0 Å². The molecule has 3 N–H and O–H groups in total. The van der Waals surface area contributed by atoms with Gasteiger partial charge in [0.05, 0.1) is 6.54 Å². The Labute approximate surface area is 221 Å². The Bertz CT molecular complexity index is 1310. The summed E-state index contributed by atoms with van der Waals surface area (Å²) in [5, 5.41) is 14.1. The molecule has 0 bridgehead atoms. The van der Waals surface area contributed by atoms with E-state index in [0.717, 1.165) is 43.6 Å². The van der Waals surface area contributed by atoms with Gasteiger partial charge in [-0.2, -0.15) is 15.1 Å². The van der Waals surface area contributed by atoms with Crippen molar-refractivity contribution in [3.05, 3.63) is 30.1 Å². The van der Waals surface area contributed by atoms with Gasteiger partial charge in [-0.1, -0.05) is 0 Å². The number of nitrogens with zero attached hydrogens (tertiary/aromatic N) is 7. The van der Waals surface area contributed by atoms with Crippen LogP contribution in [0.1, 0.15) is 50.1 Å². The van der Waals surface area contributed by atoms with Crippen LogP contribution >= 0.6 is 0 Å². The number of likely N-dealkylation sites (N-methyl/N-ethyl adjacent to an activating group) is 1. The molecule has 3 aromatic heterocycles. The normalized spacial score (nSPS) is 21.9. The summed E-state index contributed by atoms with van der Waals surface area (Å²) in [5.74, 6) is 2.51. The number of H-pyrrole nitrogens is 1. The van der Waals surface area contributed by atoms with Crippen molar-refractivity contribution >= 4 is 35.2 Å². The predicted octanol–water partition coefficient (Wildman–Crippen LogP) is 1.71. The predicted molar refractivity (Wildman–Crippen MR) is 143 cm³/mol. The van der Waals surface area contributed by atoms with Crippen LogP contribution in [0.4, 0.5) is 17.7 Å². The van der Waals surface area contributed by atoms with Gasteiger partial charge >= 0.3 is 0 Å². The van der Waals surface area contributed by atoms with Crippen molar-refractivity contribution in [2.75, 3.05) is 50.5 Å². The number of fused-ring (bicyclic) bond motifs is 1. The highest BCUT2D eigenvalue weighted by Gasteiger charge is 2.35. The maximum absolute atomic E-state index is 13.5. The number of carbonyl (C=O) groups is 2. The Morgan fingerprint density at radius 2 is 1.97 bits per heavy atom. The van der Waals surface area contributed by atoms with Crippen molar-refractivity contribution < 1.29 is 9.59 Å². The quantitative estimate of drug-likeness (QED) is 0.410. The maximum Gasteiger partial charge on any atom is 0.243 e. The van der Waals surface area contributed by atoms with E-state index in [4.69, 9.17) is 9.97 Å². The number of aromatic amines is 1. The van der Waals surface area contributed by atoms with E-state index in [1.54, 1.807) is 0 Å². The molecule has 5 heterocycles. The number of hydrogen-bond donors (Lipinski definition) is 3. The van der Waals surface area contributed by atoms with Crippen LogP contribution in [-0.2, 0) is 9.59 Å². The Balaban J connectivity index is 1.17. The lowest BCUT2D eigenvalue weighted by atomic mass is 10.0. The van der Waals surface area contributed by atoms with Gasteiger partial charge in [-0.05, 0) is 64.8 Å². The molecule has 0 aromatic carbocycles. The Hall–Kier alpha value is -3.67. The molecule has 12 heteroatoms. The smallest absolute Gasteiger partial charge is 0.243 e. The topological polar surface area (TPSA) is 127 Å². The second-order valence-corrected chi connectivity index (χ2v) is 11.0. The molecule has 2 amide bonds. The number of piperidine rings is 1. The van der Waals surface area contributed by atoms with E-state index in [-0.39, 0.29) is 23.9 Å². The molecule has 2 atom stereocenters. The largest absolute Gasteiger partial charge is 0.350 e. The zero-order valence-corrected chi connectivity index (χ0v) is 22.1. The first kappa shape index (κ1) is 24.7. The molecule has 1 saturated carbocycles. The molecule has 1 aliphatic carbocycles. The van der Waals surface area contributed by atoms with Crippen LogP contribution in [0.2, 0.25) is 0 Å². The van der Waals surface area contributed by atoms with Crippen molar-refractivity contribution in [3.8, 4) is 0 Å². The van der Waals surface area contributed by atoms with E-state index in [0.29, 0.717) is 43.3 Å². The van der Waals surface area contributed by atoms with Crippen molar-refractivity contribution in [3.63, 3.8) is 0 Å². The van der Waals surface area contributed by atoms with E-state index in [9.17, 15) is 9.59 Å². The molecule has 0 unspecified atom stereocenters. The summed E-state index contributed by atoms with van der Waals surface area (Å²) >= 11 is 0. The van der Waals surface area contributed by atoms with Crippen molar-refractivity contribution in [1.82, 2.24) is 39.7 Å². The standard InChI is InChI=1S/C26H36N10O2/c1-33(2)16-23(37)34-11-3-6-18(15-34)27-24(38)20-7-4-12-35(20)26-29-22-8-5-13-36(22)25(30-26)28-21-14-19(31-32-21)17-9-10-17/h5,8,13-14,17-18,20H,3-4,6-7,9-12,15-16H2,1-2H3,(H,27,38)(H2,28,29,30,31,32)/t18-,20+/m1/s1. The monoisotopic (exact) mass is 520 g/mol. The molecule has 3 aromatic rings. The molecule has 3 aliphatic rings. The zero-order chi connectivity index (χ0) is 26.2. The lowest BCUT2D eigenvalue weighted by molar-refractivity contribution is -0.134. The number of carbonyl (C=O) groups excluding carboxylic acids is 2. The van der Waals surface area contributed by atoms with Crippen LogP contribution in [0.15, 0.2) is 24.4 Å². The summed E-state index contributed by atoms with van der Waals surface area (Å²) in [6.07, 6.45) is 7.70. The van der Waals surface area contributed by atoms with Gasteiger partial charge in [-0.15, -0.1) is 0 Å². The highest BCUT2D eigenvalue weighted by atomic mass is 16.2. The number of hydrogen-bond acceptors (Lipinski definition) is 8. The lowest BCUT2D eigenvalue weighted by Gasteiger charge is -2.35. The number of rotatable bonds is 8. The van der Waals surface area contributed by atoms with Gasteiger partial charge in [0.2, 0.25) is 23.7 Å². The number of likely N-dealkylation sites (tertiary alicyclic amines) is 1.